The molecule has 0 N–H and O–H groups in total. The molecule has 0 unspecified atom stereocenters. The Morgan fingerprint density at radius 2 is 1.92 bits per heavy atom. The summed E-state index contributed by atoms with van der Waals surface area (Å²) in [7, 11) is 4.19. The third kappa shape index (κ3) is 5.58. The first kappa shape index (κ1) is 12.4. The number of carbonyl (C=O) groups excluding carboxylic acids is 1. The predicted molar refractivity (Wildman–Crippen MR) is 56.6 cm³/mol. The monoisotopic (exact) mass is 184 g/mol. The zero-order chi connectivity index (χ0) is 10.5. The van der Waals surface area contributed by atoms with Crippen LogP contribution in [0.5, 0.6) is 0 Å². The third-order valence-corrected chi connectivity index (χ3v) is 2.16. The molecule has 0 saturated heterocycles. The molecule has 0 radical (unpaired) electrons. The van der Waals surface area contributed by atoms with E-state index in [0.717, 1.165) is 11.0 Å². The average Bonchev–Trinajstić information content (AvgIpc) is 2.00. The summed E-state index contributed by atoms with van der Waals surface area (Å²) >= 11 is 0. The van der Waals surface area contributed by atoms with E-state index in [2.05, 4.69) is 27.6 Å². The first-order valence-corrected chi connectivity index (χ1v) is 4.90. The van der Waals surface area contributed by atoms with E-state index in [4.69, 9.17) is 0 Å². The predicted octanol–water partition coefficient (Wildman–Crippen LogP) is 2.01. The molecular weight excluding hydrogens is 162 g/mol. The van der Waals surface area contributed by atoms with Gasteiger partial charge in [0, 0.05) is 0 Å². The molecule has 0 amide bonds. The molecule has 0 atom stereocenters. The molecule has 0 bridgehead atoms. The van der Waals surface area contributed by atoms with Crippen molar-refractivity contribution >= 4 is 5.78 Å². The summed E-state index contributed by atoms with van der Waals surface area (Å²) < 4.78 is 0.777. The molecule has 0 aliphatic carbocycles. The lowest BCUT2D eigenvalue weighted by molar-refractivity contribution is -0.882. The second-order valence-corrected chi connectivity index (χ2v) is 4.37. The van der Waals surface area contributed by atoms with Gasteiger partial charge in [0.1, 0.15) is 6.54 Å². The van der Waals surface area contributed by atoms with E-state index in [1.54, 1.807) is 6.92 Å². The van der Waals surface area contributed by atoms with Gasteiger partial charge in [-0.15, -0.1) is 0 Å². The van der Waals surface area contributed by atoms with Crippen molar-refractivity contribution in [3.63, 3.8) is 0 Å². The number of rotatable bonds is 6. The molecule has 0 aliphatic heterocycles. The Morgan fingerprint density at radius 1 is 1.38 bits per heavy atom. The zero-order valence-corrected chi connectivity index (χ0v) is 9.39. The summed E-state index contributed by atoms with van der Waals surface area (Å²) in [5.41, 5.74) is 0.669. The van der Waals surface area contributed by atoms with Crippen LogP contribution >= 0.6 is 0 Å². The van der Waals surface area contributed by atoms with Crippen molar-refractivity contribution in [2.45, 2.75) is 26.7 Å². The zero-order valence-electron chi connectivity index (χ0n) is 9.39. The molecule has 2 heteroatoms. The largest absolute Gasteiger partial charge is 0.322 e. The molecule has 0 aromatic carbocycles. The standard InChI is InChI=1S/C11H22NO/c1-6-7-8-12(4,5)9-11(13)10(2)3/h2,6-9H2,1,3-5H3/q+1. The second kappa shape index (κ2) is 5.18. The lowest BCUT2D eigenvalue weighted by Crippen LogP contribution is -2.44. The van der Waals surface area contributed by atoms with E-state index in [9.17, 15) is 4.79 Å². The minimum Gasteiger partial charge on any atom is -0.322 e. The van der Waals surface area contributed by atoms with Gasteiger partial charge >= 0.3 is 0 Å². The molecule has 0 aromatic heterocycles. The molecule has 0 aliphatic rings. The summed E-state index contributed by atoms with van der Waals surface area (Å²) in [6.07, 6.45) is 2.36. The van der Waals surface area contributed by atoms with Crippen molar-refractivity contribution in [2.24, 2.45) is 0 Å². The van der Waals surface area contributed by atoms with Gasteiger partial charge in [-0.3, -0.25) is 4.79 Å². The molecular formula is C11H22NO+. The highest BCUT2D eigenvalue weighted by Gasteiger charge is 2.19. The maximum absolute atomic E-state index is 11.4. The topological polar surface area (TPSA) is 17.1 Å². The molecule has 13 heavy (non-hydrogen) atoms. The Bertz CT molecular complexity index is 194. The smallest absolute Gasteiger partial charge is 0.212 e. The number of quaternary nitrogens is 1. The van der Waals surface area contributed by atoms with Crippen LogP contribution in [0.1, 0.15) is 26.7 Å². The third-order valence-electron chi connectivity index (χ3n) is 2.16. The van der Waals surface area contributed by atoms with Crippen molar-refractivity contribution in [3.8, 4) is 0 Å². The number of carbonyl (C=O) groups is 1. The lowest BCUT2D eigenvalue weighted by atomic mass is 10.2. The number of ketones is 1. The SMILES string of the molecule is C=C(C)C(=O)C[N+](C)(C)CCCC. The number of Topliss-reactive ketones (excluding diaryl/α,β-unsaturated/α-hetero) is 1. The summed E-state index contributed by atoms with van der Waals surface area (Å²) in [4.78, 5) is 11.4. The van der Waals surface area contributed by atoms with Gasteiger partial charge in [-0.1, -0.05) is 19.9 Å². The number of hydrogen-bond donors (Lipinski definition) is 0. The molecule has 0 spiro atoms. The molecule has 0 rings (SSSR count). The van der Waals surface area contributed by atoms with E-state index < -0.39 is 0 Å². The van der Waals surface area contributed by atoms with Gasteiger partial charge in [0.25, 0.3) is 0 Å². The van der Waals surface area contributed by atoms with Crippen molar-refractivity contribution in [1.29, 1.82) is 0 Å². The van der Waals surface area contributed by atoms with Gasteiger partial charge in [-0.2, -0.15) is 0 Å². The van der Waals surface area contributed by atoms with Crippen molar-refractivity contribution < 1.29 is 9.28 Å². The van der Waals surface area contributed by atoms with Crippen molar-refractivity contribution in [2.75, 3.05) is 27.2 Å². The van der Waals surface area contributed by atoms with Crippen LogP contribution in [0.4, 0.5) is 0 Å². The Balaban J connectivity index is 4.00. The van der Waals surface area contributed by atoms with Crippen LogP contribution in [0, 0.1) is 0 Å². The van der Waals surface area contributed by atoms with Crippen LogP contribution < -0.4 is 0 Å². The molecule has 0 saturated carbocycles. The van der Waals surface area contributed by atoms with Crippen molar-refractivity contribution in [3.05, 3.63) is 12.2 Å². The average molecular weight is 184 g/mol. The summed E-state index contributed by atoms with van der Waals surface area (Å²) in [6.45, 7) is 9.25. The van der Waals surface area contributed by atoms with Crippen LogP contribution in [-0.4, -0.2) is 37.5 Å². The first-order chi connectivity index (χ1) is 5.89. The van der Waals surface area contributed by atoms with Crippen LogP contribution in [0.15, 0.2) is 12.2 Å². The van der Waals surface area contributed by atoms with Crippen LogP contribution in [0.25, 0.3) is 0 Å². The van der Waals surface area contributed by atoms with E-state index in [1.807, 2.05) is 0 Å². The van der Waals surface area contributed by atoms with E-state index in [-0.39, 0.29) is 5.78 Å². The fourth-order valence-electron chi connectivity index (χ4n) is 1.19. The molecule has 0 heterocycles. The summed E-state index contributed by atoms with van der Waals surface area (Å²) in [6, 6.07) is 0. The van der Waals surface area contributed by atoms with Crippen LogP contribution in [0.2, 0.25) is 0 Å². The fourth-order valence-corrected chi connectivity index (χ4v) is 1.19. The Hall–Kier alpha value is -0.630. The normalized spacial score (nSPS) is 11.4. The quantitative estimate of drug-likeness (QED) is 0.456. The molecule has 76 valence electrons. The van der Waals surface area contributed by atoms with Gasteiger partial charge in [0.15, 0.2) is 0 Å². The minimum atomic E-state index is 0.182. The molecule has 0 aromatic rings. The lowest BCUT2D eigenvalue weighted by Gasteiger charge is -2.28. The van der Waals surface area contributed by atoms with Crippen molar-refractivity contribution in [1.82, 2.24) is 0 Å². The number of likely N-dealkylation sites (N-methyl/N-ethyl adjacent to an activating group) is 1. The Labute approximate surface area is 81.8 Å². The van der Waals surface area contributed by atoms with E-state index in [0.29, 0.717) is 12.1 Å². The summed E-state index contributed by atoms with van der Waals surface area (Å²) in [5, 5.41) is 0. The number of hydrogen-bond acceptors (Lipinski definition) is 1. The van der Waals surface area contributed by atoms with Gasteiger partial charge in [0.2, 0.25) is 5.78 Å². The van der Waals surface area contributed by atoms with E-state index in [1.165, 1.54) is 12.8 Å². The maximum atomic E-state index is 11.4. The highest BCUT2D eigenvalue weighted by molar-refractivity contribution is 5.95. The van der Waals surface area contributed by atoms with Gasteiger partial charge in [-0.25, -0.2) is 0 Å². The first-order valence-electron chi connectivity index (χ1n) is 4.90. The highest BCUT2D eigenvalue weighted by Crippen LogP contribution is 2.04. The van der Waals surface area contributed by atoms with Gasteiger partial charge < -0.3 is 4.48 Å². The summed E-state index contributed by atoms with van der Waals surface area (Å²) in [5.74, 6) is 0.182. The number of nitrogens with zero attached hydrogens (tertiary/aromatic N) is 1. The maximum Gasteiger partial charge on any atom is 0.212 e. The van der Waals surface area contributed by atoms with Gasteiger partial charge in [-0.05, 0) is 18.9 Å². The van der Waals surface area contributed by atoms with Crippen LogP contribution in [-0.2, 0) is 4.79 Å². The molecule has 0 fully saturated rings. The molecule has 2 nitrogen and oxygen atoms in total. The van der Waals surface area contributed by atoms with Gasteiger partial charge in [0.05, 0.1) is 20.6 Å². The Kier molecular flexibility index (Phi) is 4.92. The minimum absolute atomic E-state index is 0.182. The van der Waals surface area contributed by atoms with Crippen LogP contribution in [0.3, 0.4) is 0 Å². The fraction of sp³-hybridized carbons (Fsp3) is 0.727. The second-order valence-electron chi connectivity index (χ2n) is 4.37. The highest BCUT2D eigenvalue weighted by atomic mass is 16.1. The Morgan fingerprint density at radius 3 is 2.31 bits per heavy atom. The number of unbranched alkanes of at least 4 members (excludes halogenated alkanes) is 1. The van der Waals surface area contributed by atoms with E-state index >= 15 is 0 Å².